The van der Waals surface area contributed by atoms with E-state index in [0.717, 1.165) is 0 Å². The van der Waals surface area contributed by atoms with E-state index in [2.05, 4.69) is 9.97 Å². The van der Waals surface area contributed by atoms with Crippen molar-refractivity contribution < 1.29 is 14.3 Å². The summed E-state index contributed by atoms with van der Waals surface area (Å²) in [5.41, 5.74) is 0. The predicted molar refractivity (Wildman–Crippen MR) is 62.7 cm³/mol. The Kier molecular flexibility index (Phi) is 2.64. The van der Waals surface area contributed by atoms with Gasteiger partial charge in [-0.1, -0.05) is 12.1 Å². The number of carbonyl (C=O) groups is 1. The summed E-state index contributed by atoms with van der Waals surface area (Å²) in [4.78, 5) is 19.9. The van der Waals surface area contributed by atoms with Crippen LogP contribution in [0.1, 0.15) is 10.6 Å². The highest BCUT2D eigenvalue weighted by Gasteiger charge is 2.29. The van der Waals surface area contributed by atoms with Crippen molar-refractivity contribution in [2.45, 2.75) is 6.10 Å². The Morgan fingerprint density at radius 3 is 2.61 bits per heavy atom. The fraction of sp³-hybridized carbons (Fsp3) is 0.154. The van der Waals surface area contributed by atoms with Crippen LogP contribution in [0, 0.1) is 0 Å². The van der Waals surface area contributed by atoms with Gasteiger partial charge in [0, 0.05) is 12.4 Å². The second kappa shape index (κ2) is 4.44. The van der Waals surface area contributed by atoms with Gasteiger partial charge in [-0.25, -0.2) is 9.97 Å². The number of benzene rings is 1. The third-order valence-corrected chi connectivity index (χ3v) is 2.59. The molecule has 18 heavy (non-hydrogen) atoms. The summed E-state index contributed by atoms with van der Waals surface area (Å²) in [5.74, 6) is 1.09. The zero-order valence-electron chi connectivity index (χ0n) is 9.45. The second-order valence-electron chi connectivity index (χ2n) is 3.80. The Labute approximate surface area is 103 Å². The molecule has 5 nitrogen and oxygen atoms in total. The molecule has 1 aliphatic rings. The molecule has 3 rings (SSSR count). The SMILES string of the molecule is O=C(c1ncccn1)C1COc2ccccc2O1. The van der Waals surface area contributed by atoms with E-state index in [4.69, 9.17) is 9.47 Å². The standard InChI is InChI=1S/C13H10N2O3/c16-12(13-14-6-3-7-15-13)11-8-17-9-4-1-2-5-10(9)18-11/h1-7,11H,8H2. The lowest BCUT2D eigenvalue weighted by molar-refractivity contribution is 0.0575. The van der Waals surface area contributed by atoms with Crippen molar-refractivity contribution in [3.63, 3.8) is 0 Å². The molecule has 0 amide bonds. The lowest BCUT2D eigenvalue weighted by Gasteiger charge is -2.24. The maximum atomic E-state index is 12.1. The lowest BCUT2D eigenvalue weighted by Crippen LogP contribution is -2.37. The number of aromatic nitrogens is 2. The van der Waals surface area contributed by atoms with Gasteiger partial charge in [0.1, 0.15) is 6.61 Å². The van der Waals surface area contributed by atoms with Crippen LogP contribution in [0.3, 0.4) is 0 Å². The van der Waals surface area contributed by atoms with Gasteiger partial charge < -0.3 is 9.47 Å². The fourth-order valence-corrected chi connectivity index (χ4v) is 1.72. The Hall–Kier alpha value is -2.43. The first-order valence-corrected chi connectivity index (χ1v) is 5.54. The van der Waals surface area contributed by atoms with Crippen LogP contribution in [-0.2, 0) is 0 Å². The molecule has 0 bridgehead atoms. The zero-order chi connectivity index (χ0) is 12.4. The molecule has 0 saturated heterocycles. The smallest absolute Gasteiger partial charge is 0.243 e. The van der Waals surface area contributed by atoms with Crippen LogP contribution in [0.25, 0.3) is 0 Å². The van der Waals surface area contributed by atoms with Gasteiger partial charge in [0.05, 0.1) is 0 Å². The molecule has 2 aromatic rings. The molecule has 5 heteroatoms. The molecule has 0 N–H and O–H groups in total. The molecular formula is C13H10N2O3. The molecule has 0 saturated carbocycles. The maximum Gasteiger partial charge on any atom is 0.243 e. The summed E-state index contributed by atoms with van der Waals surface area (Å²) in [7, 11) is 0. The van der Waals surface area contributed by atoms with E-state index < -0.39 is 6.10 Å². The third kappa shape index (κ3) is 1.90. The van der Waals surface area contributed by atoms with E-state index >= 15 is 0 Å². The van der Waals surface area contributed by atoms with Crippen molar-refractivity contribution in [3.05, 3.63) is 48.5 Å². The highest BCUT2D eigenvalue weighted by molar-refractivity contribution is 5.96. The summed E-state index contributed by atoms with van der Waals surface area (Å²) in [5, 5.41) is 0. The van der Waals surface area contributed by atoms with Crippen LogP contribution < -0.4 is 9.47 Å². The van der Waals surface area contributed by atoms with Gasteiger partial charge in [-0.15, -0.1) is 0 Å². The molecule has 0 fully saturated rings. The number of hydrogen-bond donors (Lipinski definition) is 0. The summed E-state index contributed by atoms with van der Waals surface area (Å²) in [6.45, 7) is 0.175. The molecule has 1 aliphatic heterocycles. The number of fused-ring (bicyclic) bond motifs is 1. The van der Waals surface area contributed by atoms with Crippen molar-refractivity contribution in [1.82, 2.24) is 9.97 Å². The molecule has 1 atom stereocenters. The van der Waals surface area contributed by atoms with Crippen LogP contribution >= 0.6 is 0 Å². The second-order valence-corrected chi connectivity index (χ2v) is 3.80. The van der Waals surface area contributed by atoms with Crippen molar-refractivity contribution >= 4 is 5.78 Å². The highest BCUT2D eigenvalue weighted by atomic mass is 16.6. The molecule has 0 radical (unpaired) electrons. The van der Waals surface area contributed by atoms with Crippen LogP contribution in [0.4, 0.5) is 0 Å². The summed E-state index contributed by atoms with van der Waals surface area (Å²) >= 11 is 0. The van der Waals surface area contributed by atoms with Crippen LogP contribution in [-0.4, -0.2) is 28.5 Å². The van der Waals surface area contributed by atoms with E-state index in [9.17, 15) is 4.79 Å². The minimum atomic E-state index is -0.692. The first-order chi connectivity index (χ1) is 8.84. The molecule has 1 aromatic heterocycles. The van der Waals surface area contributed by atoms with Crippen molar-refractivity contribution in [2.75, 3.05) is 6.61 Å². The first-order valence-electron chi connectivity index (χ1n) is 5.54. The largest absolute Gasteiger partial charge is 0.485 e. The van der Waals surface area contributed by atoms with Gasteiger partial charge in [0.2, 0.25) is 5.78 Å². The number of para-hydroxylation sites is 2. The average Bonchev–Trinajstić information content (AvgIpc) is 2.47. The number of Topliss-reactive ketones (excluding diaryl/α,β-unsaturated/α-hetero) is 1. The monoisotopic (exact) mass is 242 g/mol. The van der Waals surface area contributed by atoms with E-state index in [1.54, 1.807) is 18.2 Å². The number of ether oxygens (including phenoxy) is 2. The van der Waals surface area contributed by atoms with E-state index in [0.29, 0.717) is 11.5 Å². The number of nitrogens with zero attached hydrogens (tertiary/aromatic N) is 2. The van der Waals surface area contributed by atoms with E-state index in [1.807, 2.05) is 12.1 Å². The number of ketones is 1. The number of carbonyl (C=O) groups excluding carboxylic acids is 1. The zero-order valence-corrected chi connectivity index (χ0v) is 9.45. The normalized spacial score (nSPS) is 17.2. The van der Waals surface area contributed by atoms with Gasteiger partial charge in [-0.05, 0) is 18.2 Å². The minimum Gasteiger partial charge on any atom is -0.485 e. The fourth-order valence-electron chi connectivity index (χ4n) is 1.72. The lowest BCUT2D eigenvalue weighted by atomic mass is 10.2. The molecule has 1 unspecified atom stereocenters. The van der Waals surface area contributed by atoms with Gasteiger partial charge in [-0.3, -0.25) is 4.79 Å². The van der Waals surface area contributed by atoms with Gasteiger partial charge in [-0.2, -0.15) is 0 Å². The molecule has 0 aliphatic carbocycles. The van der Waals surface area contributed by atoms with E-state index in [1.165, 1.54) is 12.4 Å². The van der Waals surface area contributed by atoms with Crippen molar-refractivity contribution in [3.8, 4) is 11.5 Å². The van der Waals surface area contributed by atoms with Crippen LogP contribution in [0.15, 0.2) is 42.7 Å². The van der Waals surface area contributed by atoms with Gasteiger partial charge >= 0.3 is 0 Å². The van der Waals surface area contributed by atoms with E-state index in [-0.39, 0.29) is 18.2 Å². The molecule has 1 aromatic carbocycles. The topological polar surface area (TPSA) is 61.3 Å². The predicted octanol–water partition coefficient (Wildman–Crippen LogP) is 1.50. The highest BCUT2D eigenvalue weighted by Crippen LogP contribution is 2.31. The van der Waals surface area contributed by atoms with Crippen LogP contribution in [0.2, 0.25) is 0 Å². The van der Waals surface area contributed by atoms with Crippen molar-refractivity contribution in [1.29, 1.82) is 0 Å². The average molecular weight is 242 g/mol. The maximum absolute atomic E-state index is 12.1. The quantitative estimate of drug-likeness (QED) is 0.747. The summed E-state index contributed by atoms with van der Waals surface area (Å²) in [6, 6.07) is 8.90. The Bertz CT molecular complexity index is 571. The Balaban J connectivity index is 1.82. The van der Waals surface area contributed by atoms with Gasteiger partial charge in [0.15, 0.2) is 23.4 Å². The number of hydrogen-bond acceptors (Lipinski definition) is 5. The Morgan fingerprint density at radius 2 is 1.83 bits per heavy atom. The van der Waals surface area contributed by atoms with Crippen molar-refractivity contribution in [2.24, 2.45) is 0 Å². The Morgan fingerprint density at radius 1 is 1.11 bits per heavy atom. The molecular weight excluding hydrogens is 232 g/mol. The summed E-state index contributed by atoms with van der Waals surface area (Å²) < 4.78 is 11.1. The third-order valence-electron chi connectivity index (χ3n) is 2.59. The molecule has 90 valence electrons. The summed E-state index contributed by atoms with van der Waals surface area (Å²) in [6.07, 6.45) is 2.36. The minimum absolute atomic E-state index is 0.144. The number of rotatable bonds is 2. The molecule has 2 heterocycles. The molecule has 0 spiro atoms. The van der Waals surface area contributed by atoms with Crippen LogP contribution in [0.5, 0.6) is 11.5 Å². The first kappa shape index (κ1) is 10.7. The van der Waals surface area contributed by atoms with Gasteiger partial charge in [0.25, 0.3) is 0 Å².